The number of hydrogen-bond donors (Lipinski definition) is 2. The molecule has 0 heterocycles. The highest BCUT2D eigenvalue weighted by Gasteiger charge is 2.23. The highest BCUT2D eigenvalue weighted by molar-refractivity contribution is 7.81. The zero-order chi connectivity index (χ0) is 24.7. The summed E-state index contributed by atoms with van der Waals surface area (Å²) in [5.41, 5.74) is 0.944. The Balaban J connectivity index is 1.92. The second-order valence-electron chi connectivity index (χ2n) is 8.09. The Morgan fingerprint density at radius 3 is 2.50 bits per heavy atom. The van der Waals surface area contributed by atoms with Gasteiger partial charge in [0.05, 0.1) is 28.7 Å². The van der Waals surface area contributed by atoms with Crippen molar-refractivity contribution in [3.63, 3.8) is 0 Å². The molecule has 34 heavy (non-hydrogen) atoms. The molecule has 0 saturated heterocycles. The number of carbonyl (C=O) groups is 2. The fourth-order valence-electron chi connectivity index (χ4n) is 3.66. The van der Waals surface area contributed by atoms with Crippen molar-refractivity contribution in [2.75, 3.05) is 10.8 Å². The lowest BCUT2D eigenvalue weighted by molar-refractivity contribution is -0.123. The van der Waals surface area contributed by atoms with Crippen molar-refractivity contribution in [1.29, 1.82) is 5.26 Å². The third-order valence-corrected chi connectivity index (χ3v) is 5.85. The van der Waals surface area contributed by atoms with Crippen molar-refractivity contribution < 1.29 is 18.4 Å². The lowest BCUT2D eigenvalue weighted by Crippen LogP contribution is -2.47. The van der Waals surface area contributed by atoms with Gasteiger partial charge >= 0.3 is 0 Å². The lowest BCUT2D eigenvalue weighted by Gasteiger charge is -2.28. The summed E-state index contributed by atoms with van der Waals surface area (Å²) in [4.78, 5) is 25.4. The first-order chi connectivity index (χ1) is 16.3. The van der Waals surface area contributed by atoms with Gasteiger partial charge in [0.1, 0.15) is 12.6 Å². The number of fused-ring (bicyclic) bond motifs is 1. The predicted octanol–water partition coefficient (Wildman–Crippen LogP) is 3.56. The molecule has 0 aromatic heterocycles. The van der Waals surface area contributed by atoms with Crippen LogP contribution < -0.4 is 14.9 Å². The minimum absolute atomic E-state index is 0.120. The Hall–Kier alpha value is -3.74. The van der Waals surface area contributed by atoms with Crippen molar-refractivity contribution in [2.45, 2.75) is 26.3 Å². The number of hydrogen-bond acceptors (Lipinski definition) is 5. The summed E-state index contributed by atoms with van der Waals surface area (Å²) >= 11 is -2.66. The molecule has 2 N–H and O–H groups in total. The molecule has 0 saturated carbocycles. The van der Waals surface area contributed by atoms with E-state index in [4.69, 9.17) is 5.26 Å². The summed E-state index contributed by atoms with van der Waals surface area (Å²) in [6.07, 6.45) is 0.384. The predicted molar refractivity (Wildman–Crippen MR) is 131 cm³/mol. The maximum atomic E-state index is 13.0. The second-order valence-corrected chi connectivity index (χ2v) is 8.89. The first-order valence-electron chi connectivity index (χ1n) is 10.7. The zero-order valence-corrected chi connectivity index (χ0v) is 19.7. The first-order valence-corrected chi connectivity index (χ1v) is 11.8. The standard InChI is InChI=1S/C25H26N4O4S/c1-17(2)15-22(25(31)27-14-13-26)28-24(30)19-9-5-10-20(16-19)29(34(32)33)23-12-6-8-18-7-3-4-11-21(18)23/h3-12,16-17,22H,14-15H2,1-2H3,(H,27,31)(H,28,30)(H,32,33)/p-1. The van der Waals surface area contributed by atoms with Gasteiger partial charge in [-0.2, -0.15) is 5.26 Å². The Labute approximate surface area is 201 Å². The van der Waals surface area contributed by atoms with E-state index in [1.165, 1.54) is 6.07 Å². The normalized spacial score (nSPS) is 12.6. The smallest absolute Gasteiger partial charge is 0.252 e. The number of benzene rings is 3. The van der Waals surface area contributed by atoms with Crippen molar-refractivity contribution in [3.8, 4) is 6.07 Å². The van der Waals surface area contributed by atoms with Crippen LogP contribution in [0.4, 0.5) is 11.4 Å². The highest BCUT2D eigenvalue weighted by atomic mass is 32.2. The van der Waals surface area contributed by atoms with Crippen LogP contribution in [0.15, 0.2) is 66.7 Å². The van der Waals surface area contributed by atoms with Crippen LogP contribution in [-0.4, -0.2) is 33.2 Å². The Kier molecular flexibility index (Phi) is 8.35. The summed E-state index contributed by atoms with van der Waals surface area (Å²) in [5.74, 6) is -0.846. The third-order valence-electron chi connectivity index (χ3n) is 5.15. The van der Waals surface area contributed by atoms with Crippen molar-refractivity contribution in [1.82, 2.24) is 10.6 Å². The number of amides is 2. The van der Waals surface area contributed by atoms with Gasteiger partial charge in [0.15, 0.2) is 0 Å². The molecule has 0 aliphatic rings. The van der Waals surface area contributed by atoms with Gasteiger partial charge in [0, 0.05) is 10.9 Å². The van der Waals surface area contributed by atoms with E-state index >= 15 is 0 Å². The molecule has 0 spiro atoms. The van der Waals surface area contributed by atoms with E-state index in [2.05, 4.69) is 10.6 Å². The molecule has 0 aliphatic heterocycles. The average Bonchev–Trinajstić information content (AvgIpc) is 2.82. The Bertz CT molecular complexity index is 1250. The van der Waals surface area contributed by atoms with Crippen LogP contribution in [0.1, 0.15) is 30.6 Å². The molecule has 176 valence electrons. The summed E-state index contributed by atoms with van der Waals surface area (Å²) in [7, 11) is 0. The summed E-state index contributed by atoms with van der Waals surface area (Å²) in [6.45, 7) is 3.68. The highest BCUT2D eigenvalue weighted by Crippen LogP contribution is 2.33. The third kappa shape index (κ3) is 5.98. The Morgan fingerprint density at radius 2 is 1.79 bits per heavy atom. The number of nitrogens with one attached hydrogen (secondary N) is 2. The van der Waals surface area contributed by atoms with Gasteiger partial charge in [0.2, 0.25) is 5.91 Å². The molecule has 2 amide bonds. The monoisotopic (exact) mass is 477 g/mol. The molecular weight excluding hydrogens is 452 g/mol. The van der Waals surface area contributed by atoms with E-state index in [0.29, 0.717) is 12.1 Å². The topological polar surface area (TPSA) is 125 Å². The van der Waals surface area contributed by atoms with Gasteiger partial charge in [-0.3, -0.25) is 18.1 Å². The van der Waals surface area contributed by atoms with E-state index in [0.717, 1.165) is 15.1 Å². The van der Waals surface area contributed by atoms with Crippen molar-refractivity contribution >= 4 is 45.2 Å². The summed E-state index contributed by atoms with van der Waals surface area (Å²) in [6, 6.07) is 20.0. The fraction of sp³-hybridized carbons (Fsp3) is 0.240. The van der Waals surface area contributed by atoms with E-state index in [1.807, 2.05) is 50.2 Å². The molecule has 0 fully saturated rings. The molecule has 2 atom stereocenters. The molecule has 0 bridgehead atoms. The van der Waals surface area contributed by atoms with Crippen LogP contribution in [0.2, 0.25) is 0 Å². The largest absolute Gasteiger partial charge is 0.755 e. The molecule has 9 heteroatoms. The van der Waals surface area contributed by atoms with Gasteiger partial charge in [-0.05, 0) is 42.0 Å². The van der Waals surface area contributed by atoms with Gasteiger partial charge in [-0.15, -0.1) is 0 Å². The molecule has 3 aromatic rings. The molecular formula is C25H25N4O4S-. The molecule has 3 rings (SSSR count). The van der Waals surface area contributed by atoms with E-state index in [-0.39, 0.29) is 23.7 Å². The van der Waals surface area contributed by atoms with Crippen molar-refractivity contribution in [2.24, 2.45) is 5.92 Å². The SMILES string of the molecule is CC(C)CC(NC(=O)c1cccc(N(c2cccc3ccccc23)S(=O)[O-])c1)C(=O)NCC#N. The summed E-state index contributed by atoms with van der Waals surface area (Å²) < 4.78 is 25.6. The van der Waals surface area contributed by atoms with Crippen LogP contribution in [0, 0.1) is 17.2 Å². The second kappa shape index (κ2) is 11.4. The number of carbonyl (C=O) groups excluding carboxylic acids is 2. The zero-order valence-electron chi connectivity index (χ0n) is 18.9. The van der Waals surface area contributed by atoms with Gasteiger partial charge in [-0.25, -0.2) is 0 Å². The minimum atomic E-state index is -2.66. The molecule has 3 aromatic carbocycles. The minimum Gasteiger partial charge on any atom is -0.755 e. The maximum absolute atomic E-state index is 13.0. The van der Waals surface area contributed by atoms with Crippen LogP contribution in [0.3, 0.4) is 0 Å². The van der Waals surface area contributed by atoms with E-state index in [9.17, 15) is 18.4 Å². The molecule has 8 nitrogen and oxygen atoms in total. The quantitative estimate of drug-likeness (QED) is 0.360. The fourth-order valence-corrected chi connectivity index (χ4v) is 4.26. The van der Waals surface area contributed by atoms with Crippen LogP contribution in [0.5, 0.6) is 0 Å². The van der Waals surface area contributed by atoms with Gasteiger partial charge in [-0.1, -0.05) is 56.3 Å². The van der Waals surface area contributed by atoms with Crippen molar-refractivity contribution in [3.05, 3.63) is 72.3 Å². The lowest BCUT2D eigenvalue weighted by atomic mass is 10.0. The molecule has 2 unspecified atom stereocenters. The first kappa shape index (κ1) is 24.9. The number of rotatable bonds is 9. The number of anilines is 2. The molecule has 0 aliphatic carbocycles. The van der Waals surface area contributed by atoms with Crippen LogP contribution in [0.25, 0.3) is 10.8 Å². The van der Waals surface area contributed by atoms with Gasteiger partial charge in [0.25, 0.3) is 5.91 Å². The number of nitrogens with zero attached hydrogens (tertiary/aromatic N) is 2. The van der Waals surface area contributed by atoms with Crippen LogP contribution >= 0.6 is 0 Å². The maximum Gasteiger partial charge on any atom is 0.252 e. The molecule has 0 radical (unpaired) electrons. The van der Waals surface area contributed by atoms with Crippen LogP contribution in [-0.2, 0) is 16.1 Å². The number of nitriles is 1. The van der Waals surface area contributed by atoms with E-state index < -0.39 is 29.1 Å². The average molecular weight is 478 g/mol. The Morgan fingerprint density at radius 1 is 1.09 bits per heavy atom. The summed E-state index contributed by atoms with van der Waals surface area (Å²) in [5, 5.41) is 15.5. The van der Waals surface area contributed by atoms with E-state index in [1.54, 1.807) is 30.3 Å². The van der Waals surface area contributed by atoms with Gasteiger partial charge < -0.3 is 15.2 Å².